The molecule has 0 saturated heterocycles. The summed E-state index contributed by atoms with van der Waals surface area (Å²) < 4.78 is 1.20. The summed E-state index contributed by atoms with van der Waals surface area (Å²) in [6, 6.07) is 16.2. The zero-order valence-corrected chi connectivity index (χ0v) is 13.3. The molecule has 2 aromatic carbocycles. The number of nitrogens with one attached hydrogen (secondary N) is 1. The number of aromatic nitrogens is 1. The molecule has 1 heterocycles. The molecule has 0 aliphatic rings. The van der Waals surface area contributed by atoms with Gasteiger partial charge in [-0.25, -0.2) is 4.98 Å². The van der Waals surface area contributed by atoms with Gasteiger partial charge in [-0.1, -0.05) is 42.0 Å². The van der Waals surface area contributed by atoms with E-state index in [-0.39, 0.29) is 5.91 Å². The highest BCUT2D eigenvalue weighted by atomic mass is 32.1. The fourth-order valence-electron chi connectivity index (χ4n) is 2.29. The normalized spacial score (nSPS) is 10.8. The maximum atomic E-state index is 11.9. The first kappa shape index (κ1) is 14.7. The van der Waals surface area contributed by atoms with Crippen LogP contribution in [-0.2, 0) is 17.6 Å². The molecule has 0 bridgehead atoms. The van der Waals surface area contributed by atoms with Crippen LogP contribution >= 0.6 is 11.3 Å². The molecule has 1 N–H and O–H groups in total. The van der Waals surface area contributed by atoms with Crippen LogP contribution in [0.4, 0.5) is 0 Å². The van der Waals surface area contributed by atoms with Gasteiger partial charge >= 0.3 is 0 Å². The van der Waals surface area contributed by atoms with Crippen LogP contribution < -0.4 is 5.32 Å². The summed E-state index contributed by atoms with van der Waals surface area (Å²) in [7, 11) is 0. The van der Waals surface area contributed by atoms with Gasteiger partial charge in [0, 0.05) is 13.0 Å². The number of aryl methyl sites for hydroxylation is 1. The molecular formula is C18H18N2OS. The van der Waals surface area contributed by atoms with Gasteiger partial charge in [0.2, 0.25) is 5.91 Å². The quantitative estimate of drug-likeness (QED) is 0.783. The minimum Gasteiger partial charge on any atom is -0.355 e. The average Bonchev–Trinajstić information content (AvgIpc) is 2.92. The molecule has 0 saturated carbocycles. The van der Waals surface area contributed by atoms with Gasteiger partial charge in [-0.3, -0.25) is 4.79 Å². The number of thiazole rings is 1. The van der Waals surface area contributed by atoms with E-state index < -0.39 is 0 Å². The van der Waals surface area contributed by atoms with Gasteiger partial charge in [-0.15, -0.1) is 11.3 Å². The second-order valence-corrected chi connectivity index (χ2v) is 6.45. The Bertz CT molecular complexity index is 744. The SMILES string of the molecule is Cc1ccc(CC(=O)NCCc2nc3ccccc3s2)cc1. The van der Waals surface area contributed by atoms with Crippen molar-refractivity contribution in [2.45, 2.75) is 19.8 Å². The fourth-order valence-corrected chi connectivity index (χ4v) is 3.26. The van der Waals surface area contributed by atoms with Crippen molar-refractivity contribution in [2.24, 2.45) is 0 Å². The highest BCUT2D eigenvalue weighted by Crippen LogP contribution is 2.21. The van der Waals surface area contributed by atoms with Crippen LogP contribution in [0.1, 0.15) is 16.1 Å². The summed E-state index contributed by atoms with van der Waals surface area (Å²) in [6.45, 7) is 2.67. The van der Waals surface area contributed by atoms with Gasteiger partial charge in [0.05, 0.1) is 21.6 Å². The first-order valence-electron chi connectivity index (χ1n) is 7.37. The molecular weight excluding hydrogens is 292 g/mol. The van der Waals surface area contributed by atoms with Gasteiger partial charge in [0.15, 0.2) is 0 Å². The molecule has 3 rings (SSSR count). The van der Waals surface area contributed by atoms with E-state index in [0.29, 0.717) is 13.0 Å². The number of rotatable bonds is 5. The zero-order valence-electron chi connectivity index (χ0n) is 12.5. The van der Waals surface area contributed by atoms with E-state index >= 15 is 0 Å². The summed E-state index contributed by atoms with van der Waals surface area (Å²) in [5, 5.41) is 4.03. The number of para-hydroxylation sites is 1. The Hall–Kier alpha value is -2.20. The van der Waals surface area contributed by atoms with Crippen LogP contribution in [0, 0.1) is 6.92 Å². The van der Waals surface area contributed by atoms with Crippen molar-refractivity contribution in [1.29, 1.82) is 0 Å². The second kappa shape index (κ2) is 6.71. The minimum atomic E-state index is 0.0602. The van der Waals surface area contributed by atoms with Crippen molar-refractivity contribution < 1.29 is 4.79 Å². The van der Waals surface area contributed by atoms with Crippen LogP contribution in [-0.4, -0.2) is 17.4 Å². The molecule has 0 unspecified atom stereocenters. The van der Waals surface area contributed by atoms with Crippen LogP contribution in [0.5, 0.6) is 0 Å². The maximum Gasteiger partial charge on any atom is 0.224 e. The molecule has 1 aromatic heterocycles. The van der Waals surface area contributed by atoms with E-state index in [1.54, 1.807) is 11.3 Å². The van der Waals surface area contributed by atoms with E-state index in [0.717, 1.165) is 22.5 Å². The topological polar surface area (TPSA) is 42.0 Å². The standard InChI is InChI=1S/C18H18N2OS/c1-13-6-8-14(9-7-13)12-17(21)19-11-10-18-20-15-4-2-3-5-16(15)22-18/h2-9H,10-12H2,1H3,(H,19,21). The Labute approximate surface area is 134 Å². The van der Waals surface area contributed by atoms with E-state index in [4.69, 9.17) is 0 Å². The minimum absolute atomic E-state index is 0.0602. The third-order valence-electron chi connectivity index (χ3n) is 3.48. The lowest BCUT2D eigenvalue weighted by atomic mass is 10.1. The number of amides is 1. The smallest absolute Gasteiger partial charge is 0.224 e. The highest BCUT2D eigenvalue weighted by Gasteiger charge is 2.05. The summed E-state index contributed by atoms with van der Waals surface area (Å²) >= 11 is 1.69. The Balaban J connectivity index is 1.49. The van der Waals surface area contributed by atoms with Crippen LogP contribution in [0.15, 0.2) is 48.5 Å². The van der Waals surface area contributed by atoms with E-state index in [1.165, 1.54) is 10.3 Å². The molecule has 3 aromatic rings. The Morgan fingerprint density at radius 2 is 1.91 bits per heavy atom. The van der Waals surface area contributed by atoms with Crippen LogP contribution in [0.3, 0.4) is 0 Å². The summed E-state index contributed by atoms with van der Waals surface area (Å²) in [4.78, 5) is 16.5. The largest absolute Gasteiger partial charge is 0.355 e. The molecule has 4 heteroatoms. The molecule has 1 amide bonds. The number of nitrogens with zero attached hydrogens (tertiary/aromatic N) is 1. The maximum absolute atomic E-state index is 11.9. The van der Waals surface area contributed by atoms with Crippen molar-refractivity contribution in [3.8, 4) is 0 Å². The Morgan fingerprint density at radius 3 is 2.68 bits per heavy atom. The van der Waals surface area contributed by atoms with Crippen molar-refractivity contribution in [3.63, 3.8) is 0 Å². The van der Waals surface area contributed by atoms with E-state index in [9.17, 15) is 4.79 Å². The summed E-state index contributed by atoms with van der Waals surface area (Å²) in [6.07, 6.45) is 1.21. The average molecular weight is 310 g/mol. The number of hydrogen-bond donors (Lipinski definition) is 1. The molecule has 3 nitrogen and oxygen atoms in total. The monoisotopic (exact) mass is 310 g/mol. The number of carbonyl (C=O) groups excluding carboxylic acids is 1. The number of fused-ring (bicyclic) bond motifs is 1. The second-order valence-electron chi connectivity index (χ2n) is 5.34. The molecule has 112 valence electrons. The molecule has 0 radical (unpaired) electrons. The van der Waals surface area contributed by atoms with Crippen molar-refractivity contribution in [3.05, 3.63) is 64.7 Å². The summed E-state index contributed by atoms with van der Waals surface area (Å²) in [5.74, 6) is 0.0602. The number of hydrogen-bond acceptors (Lipinski definition) is 3. The molecule has 0 atom stereocenters. The lowest BCUT2D eigenvalue weighted by Crippen LogP contribution is -2.27. The Morgan fingerprint density at radius 1 is 1.14 bits per heavy atom. The van der Waals surface area contributed by atoms with E-state index in [2.05, 4.69) is 16.4 Å². The lowest BCUT2D eigenvalue weighted by Gasteiger charge is -2.04. The fraction of sp³-hybridized carbons (Fsp3) is 0.222. The third-order valence-corrected chi connectivity index (χ3v) is 4.58. The highest BCUT2D eigenvalue weighted by molar-refractivity contribution is 7.18. The first-order valence-corrected chi connectivity index (χ1v) is 8.19. The van der Waals surface area contributed by atoms with Crippen molar-refractivity contribution >= 4 is 27.5 Å². The lowest BCUT2D eigenvalue weighted by molar-refractivity contribution is -0.120. The predicted octanol–water partition coefficient (Wildman–Crippen LogP) is 3.51. The van der Waals surface area contributed by atoms with Crippen LogP contribution in [0.2, 0.25) is 0 Å². The van der Waals surface area contributed by atoms with Gasteiger partial charge < -0.3 is 5.32 Å². The van der Waals surface area contributed by atoms with Gasteiger partial charge in [-0.05, 0) is 24.6 Å². The zero-order chi connectivity index (χ0) is 15.4. The molecule has 22 heavy (non-hydrogen) atoms. The Kier molecular flexibility index (Phi) is 4.49. The van der Waals surface area contributed by atoms with Crippen molar-refractivity contribution in [1.82, 2.24) is 10.3 Å². The molecule has 0 fully saturated rings. The molecule has 0 aliphatic carbocycles. The van der Waals surface area contributed by atoms with E-state index in [1.807, 2.05) is 49.4 Å². The van der Waals surface area contributed by atoms with Gasteiger partial charge in [0.1, 0.15) is 0 Å². The predicted molar refractivity (Wildman–Crippen MR) is 91.2 cm³/mol. The summed E-state index contributed by atoms with van der Waals surface area (Å²) in [5.41, 5.74) is 3.29. The first-order chi connectivity index (χ1) is 10.7. The van der Waals surface area contributed by atoms with Gasteiger partial charge in [0.25, 0.3) is 0 Å². The molecule has 0 aliphatic heterocycles. The van der Waals surface area contributed by atoms with Crippen molar-refractivity contribution in [2.75, 3.05) is 6.54 Å². The third kappa shape index (κ3) is 3.71. The van der Waals surface area contributed by atoms with Crippen LogP contribution in [0.25, 0.3) is 10.2 Å². The number of benzene rings is 2. The molecule has 0 spiro atoms. The number of carbonyl (C=O) groups is 1. The van der Waals surface area contributed by atoms with Gasteiger partial charge in [-0.2, -0.15) is 0 Å².